The fourth-order valence-electron chi connectivity index (χ4n) is 6.89. The molecular weight excluding hydrogens is 372 g/mol. The van der Waals surface area contributed by atoms with Gasteiger partial charge in [0.15, 0.2) is 0 Å². The topological polar surface area (TPSA) is 0 Å². The summed E-state index contributed by atoms with van der Waals surface area (Å²) < 4.78 is 0. The molecule has 0 aromatic heterocycles. The molecule has 0 nitrogen and oxygen atoms in total. The van der Waals surface area contributed by atoms with Crippen LogP contribution < -0.4 is 0 Å². The smallest absolute Gasteiger partial charge is 0.0162 e. The van der Waals surface area contributed by atoms with Crippen LogP contribution in [-0.4, -0.2) is 0 Å². The van der Waals surface area contributed by atoms with Gasteiger partial charge in [-0.05, 0) is 98.0 Å². The highest BCUT2D eigenvalue weighted by Crippen LogP contribution is 2.45. The van der Waals surface area contributed by atoms with E-state index < -0.39 is 0 Å². The minimum Gasteiger partial charge on any atom is -0.0654 e. The maximum absolute atomic E-state index is 2.61. The van der Waals surface area contributed by atoms with Crippen LogP contribution in [0.15, 0.2) is 24.3 Å². The molecule has 0 N–H and O–H groups in total. The van der Waals surface area contributed by atoms with Crippen molar-refractivity contribution in [2.24, 2.45) is 29.6 Å². The highest BCUT2D eigenvalue weighted by atomic mass is 14.4. The second kappa shape index (κ2) is 13.1. The Morgan fingerprint density at radius 2 is 1.23 bits per heavy atom. The van der Waals surface area contributed by atoms with Crippen LogP contribution in [0.3, 0.4) is 0 Å². The predicted molar refractivity (Wildman–Crippen MR) is 138 cm³/mol. The van der Waals surface area contributed by atoms with Gasteiger partial charge in [0, 0.05) is 0 Å². The van der Waals surface area contributed by atoms with E-state index >= 15 is 0 Å². The van der Waals surface area contributed by atoms with Crippen molar-refractivity contribution >= 4 is 0 Å². The van der Waals surface area contributed by atoms with Gasteiger partial charge in [-0.15, -0.1) is 0 Å². The van der Waals surface area contributed by atoms with E-state index in [0.717, 1.165) is 35.5 Å². The van der Waals surface area contributed by atoms with Crippen molar-refractivity contribution in [1.29, 1.82) is 0 Å². The average Bonchev–Trinajstić information content (AvgIpc) is 2.83. The highest BCUT2D eigenvalue weighted by Gasteiger charge is 2.33. The number of hydrogen-bond donors (Lipinski definition) is 0. The van der Waals surface area contributed by atoms with Gasteiger partial charge < -0.3 is 0 Å². The largest absolute Gasteiger partial charge is 0.0654 e. The Morgan fingerprint density at radius 1 is 0.677 bits per heavy atom. The third kappa shape index (κ3) is 7.36. The highest BCUT2D eigenvalue weighted by molar-refractivity contribution is 5.25. The van der Waals surface area contributed by atoms with Gasteiger partial charge in [-0.2, -0.15) is 0 Å². The van der Waals surface area contributed by atoms with E-state index in [-0.39, 0.29) is 0 Å². The maximum Gasteiger partial charge on any atom is -0.0162 e. The molecule has 31 heavy (non-hydrogen) atoms. The monoisotopic (exact) mass is 424 g/mol. The van der Waals surface area contributed by atoms with Crippen molar-refractivity contribution in [3.05, 3.63) is 35.4 Å². The molecular formula is C31H52. The molecule has 3 rings (SSSR count). The second-order valence-electron chi connectivity index (χ2n) is 11.4. The summed E-state index contributed by atoms with van der Waals surface area (Å²) in [5, 5.41) is 0. The lowest BCUT2D eigenvalue weighted by Gasteiger charge is -2.40. The summed E-state index contributed by atoms with van der Waals surface area (Å²) >= 11 is 0. The fourth-order valence-corrected chi connectivity index (χ4v) is 6.89. The van der Waals surface area contributed by atoms with Crippen molar-refractivity contribution in [1.82, 2.24) is 0 Å². The first-order valence-corrected chi connectivity index (χ1v) is 14.2. The minimum absolute atomic E-state index is 0.731. The third-order valence-electron chi connectivity index (χ3n) is 9.44. The second-order valence-corrected chi connectivity index (χ2v) is 11.4. The van der Waals surface area contributed by atoms with Crippen molar-refractivity contribution < 1.29 is 0 Å². The molecule has 1 aromatic carbocycles. The zero-order valence-corrected chi connectivity index (χ0v) is 21.4. The van der Waals surface area contributed by atoms with E-state index in [2.05, 4.69) is 52.0 Å². The molecule has 2 unspecified atom stereocenters. The molecule has 2 fully saturated rings. The Hall–Kier alpha value is -0.780. The molecule has 0 radical (unpaired) electrons. The molecule has 0 saturated heterocycles. The summed E-state index contributed by atoms with van der Waals surface area (Å²) in [6, 6.07) is 9.70. The molecule has 2 saturated carbocycles. The van der Waals surface area contributed by atoms with E-state index in [0.29, 0.717) is 0 Å². The van der Waals surface area contributed by atoms with Gasteiger partial charge in [0.25, 0.3) is 0 Å². The Labute approximate surface area is 195 Å². The van der Waals surface area contributed by atoms with E-state index in [1.165, 1.54) is 102 Å². The van der Waals surface area contributed by atoms with Crippen LogP contribution in [0.1, 0.15) is 135 Å². The molecule has 176 valence electrons. The van der Waals surface area contributed by atoms with Crippen LogP contribution in [0, 0.1) is 29.6 Å². The zero-order chi connectivity index (χ0) is 22.1. The molecule has 0 spiro atoms. The Bertz CT molecular complexity index is 583. The van der Waals surface area contributed by atoms with Crippen molar-refractivity contribution in [3.63, 3.8) is 0 Å². The maximum atomic E-state index is 2.61. The summed E-state index contributed by atoms with van der Waals surface area (Å²) in [4.78, 5) is 0. The number of hydrogen-bond acceptors (Lipinski definition) is 0. The van der Waals surface area contributed by atoms with Crippen LogP contribution >= 0.6 is 0 Å². The van der Waals surface area contributed by atoms with Crippen molar-refractivity contribution in [2.45, 2.75) is 130 Å². The zero-order valence-electron chi connectivity index (χ0n) is 21.4. The summed E-state index contributed by atoms with van der Waals surface area (Å²) in [7, 11) is 0. The van der Waals surface area contributed by atoms with E-state index in [1.54, 1.807) is 5.56 Å². The number of unbranched alkanes of at least 4 members (excludes halogenated alkanes) is 3. The summed E-state index contributed by atoms with van der Waals surface area (Å²) in [6.45, 7) is 9.74. The van der Waals surface area contributed by atoms with Gasteiger partial charge in [0.1, 0.15) is 0 Å². The summed E-state index contributed by atoms with van der Waals surface area (Å²) in [5.41, 5.74) is 3.12. The SMILES string of the molecule is CCCCCc1ccc(C(C)C2CCC(C(C)C3CCC(CCCC)CC3)CC2)cc1. The number of aryl methyl sites for hydroxylation is 1. The van der Waals surface area contributed by atoms with Crippen molar-refractivity contribution in [2.75, 3.05) is 0 Å². The molecule has 0 amide bonds. The lowest BCUT2D eigenvalue weighted by atomic mass is 9.65. The van der Waals surface area contributed by atoms with Gasteiger partial charge in [0.05, 0.1) is 0 Å². The van der Waals surface area contributed by atoms with Crippen molar-refractivity contribution in [3.8, 4) is 0 Å². The predicted octanol–water partition coefficient (Wildman–Crippen LogP) is 9.96. The molecule has 0 heterocycles. The molecule has 0 heteroatoms. The molecule has 2 aliphatic carbocycles. The molecule has 0 aliphatic heterocycles. The van der Waals surface area contributed by atoms with Gasteiger partial charge >= 0.3 is 0 Å². The molecule has 2 aliphatic rings. The lowest BCUT2D eigenvalue weighted by molar-refractivity contribution is 0.118. The van der Waals surface area contributed by atoms with Gasteiger partial charge in [-0.3, -0.25) is 0 Å². The molecule has 1 aromatic rings. The summed E-state index contributed by atoms with van der Waals surface area (Å²) in [5.74, 6) is 5.68. The van der Waals surface area contributed by atoms with Crippen LogP contribution in [-0.2, 0) is 6.42 Å². The summed E-state index contributed by atoms with van der Waals surface area (Å²) in [6.07, 6.45) is 21.6. The lowest BCUT2D eigenvalue weighted by Crippen LogP contribution is -2.29. The van der Waals surface area contributed by atoms with Crippen LogP contribution in [0.4, 0.5) is 0 Å². The van der Waals surface area contributed by atoms with Gasteiger partial charge in [-0.1, -0.05) is 96.9 Å². The first-order chi connectivity index (χ1) is 15.1. The fraction of sp³-hybridized carbons (Fsp3) is 0.806. The van der Waals surface area contributed by atoms with E-state index in [1.807, 2.05) is 0 Å². The number of rotatable bonds is 11. The average molecular weight is 425 g/mol. The minimum atomic E-state index is 0.731. The van der Waals surface area contributed by atoms with Crippen LogP contribution in [0.2, 0.25) is 0 Å². The first kappa shape index (κ1) is 24.9. The standard InChI is InChI=1S/C31H52/c1-5-7-9-11-27-14-18-29(19-15-27)25(4)31-22-20-30(21-23-31)24(3)28-16-12-26(13-17-28)10-8-6-2/h14-15,18-19,24-26,28,30-31H,5-13,16-17,20-23H2,1-4H3. The first-order valence-electron chi connectivity index (χ1n) is 14.2. The Balaban J connectivity index is 1.41. The Kier molecular flexibility index (Phi) is 10.5. The third-order valence-corrected chi connectivity index (χ3v) is 9.44. The molecule has 2 atom stereocenters. The van der Waals surface area contributed by atoms with Crippen LogP contribution in [0.25, 0.3) is 0 Å². The quantitative estimate of drug-likeness (QED) is 0.310. The normalized spacial score (nSPS) is 28.9. The van der Waals surface area contributed by atoms with E-state index in [9.17, 15) is 0 Å². The molecule has 0 bridgehead atoms. The van der Waals surface area contributed by atoms with Gasteiger partial charge in [-0.25, -0.2) is 0 Å². The van der Waals surface area contributed by atoms with Crippen LogP contribution in [0.5, 0.6) is 0 Å². The van der Waals surface area contributed by atoms with Gasteiger partial charge in [0.2, 0.25) is 0 Å². The Morgan fingerprint density at radius 3 is 1.81 bits per heavy atom. The van der Waals surface area contributed by atoms with E-state index in [4.69, 9.17) is 0 Å². The number of benzene rings is 1.